The zero-order valence-corrected chi connectivity index (χ0v) is 14.7. The molecule has 2 N–H and O–H groups in total. The third kappa shape index (κ3) is 4.77. The van der Waals surface area contributed by atoms with Crippen molar-refractivity contribution in [1.82, 2.24) is 9.97 Å². The lowest BCUT2D eigenvalue weighted by Crippen LogP contribution is -2.15. The first-order valence-electron chi connectivity index (χ1n) is 7.90. The van der Waals surface area contributed by atoms with E-state index in [4.69, 9.17) is 11.6 Å². The highest BCUT2D eigenvalue weighted by molar-refractivity contribution is 6.30. The van der Waals surface area contributed by atoms with Gasteiger partial charge in [0.2, 0.25) is 0 Å². The van der Waals surface area contributed by atoms with Crippen molar-refractivity contribution in [2.45, 2.75) is 13.5 Å². The molecule has 0 saturated carbocycles. The summed E-state index contributed by atoms with van der Waals surface area (Å²) in [4.78, 5) is 20.8. The van der Waals surface area contributed by atoms with Crippen molar-refractivity contribution >= 4 is 29.0 Å². The molecule has 5 nitrogen and oxygen atoms in total. The lowest BCUT2D eigenvalue weighted by molar-refractivity contribution is 0.102. The van der Waals surface area contributed by atoms with Crippen LogP contribution in [-0.2, 0) is 6.54 Å². The zero-order valence-electron chi connectivity index (χ0n) is 14.0. The second kappa shape index (κ2) is 7.93. The maximum Gasteiger partial charge on any atom is 0.274 e. The van der Waals surface area contributed by atoms with E-state index in [0.717, 1.165) is 5.56 Å². The molecule has 3 aromatic rings. The predicted molar refractivity (Wildman–Crippen MR) is 99.9 cm³/mol. The Morgan fingerprint density at radius 3 is 2.46 bits per heavy atom. The number of carbonyl (C=O) groups is 1. The summed E-state index contributed by atoms with van der Waals surface area (Å²) in [5.74, 6) is 0.248. The fourth-order valence-corrected chi connectivity index (χ4v) is 2.42. The lowest BCUT2D eigenvalue weighted by Gasteiger charge is -2.09. The Kier molecular flexibility index (Phi) is 5.43. The number of benzene rings is 2. The summed E-state index contributed by atoms with van der Waals surface area (Å²) in [5, 5.41) is 6.52. The standard InChI is InChI=1S/C19H16ClFN4O/c1-12-23-17(19(26)25-16-8-6-15(21)7-9-16)10-18(24-12)22-11-13-2-4-14(20)5-3-13/h2-10H,11H2,1H3,(H,25,26)(H,22,23,24). The monoisotopic (exact) mass is 370 g/mol. The maximum atomic E-state index is 13.0. The van der Waals surface area contributed by atoms with Gasteiger partial charge >= 0.3 is 0 Å². The molecule has 0 bridgehead atoms. The fraction of sp³-hybridized carbons (Fsp3) is 0.105. The number of anilines is 2. The predicted octanol–water partition coefficient (Wildman–Crippen LogP) is 4.44. The molecule has 0 spiro atoms. The smallest absolute Gasteiger partial charge is 0.274 e. The van der Waals surface area contributed by atoms with E-state index in [0.29, 0.717) is 28.9 Å². The van der Waals surface area contributed by atoms with Crippen LogP contribution in [0.4, 0.5) is 15.9 Å². The van der Waals surface area contributed by atoms with Crippen LogP contribution in [0.25, 0.3) is 0 Å². The van der Waals surface area contributed by atoms with Gasteiger partial charge in [-0.1, -0.05) is 23.7 Å². The van der Waals surface area contributed by atoms with E-state index in [-0.39, 0.29) is 11.5 Å². The zero-order chi connectivity index (χ0) is 18.5. The van der Waals surface area contributed by atoms with Crippen LogP contribution in [0, 0.1) is 12.7 Å². The van der Waals surface area contributed by atoms with E-state index in [1.807, 2.05) is 24.3 Å². The number of hydrogen-bond donors (Lipinski definition) is 2. The first-order valence-corrected chi connectivity index (χ1v) is 8.28. The SMILES string of the molecule is Cc1nc(NCc2ccc(Cl)cc2)cc(C(=O)Nc2ccc(F)cc2)n1. The highest BCUT2D eigenvalue weighted by atomic mass is 35.5. The van der Waals surface area contributed by atoms with Crippen LogP contribution in [0.3, 0.4) is 0 Å². The number of rotatable bonds is 5. The average Bonchev–Trinajstić information content (AvgIpc) is 2.63. The Morgan fingerprint density at radius 1 is 1.08 bits per heavy atom. The Labute approximate surface area is 155 Å². The van der Waals surface area contributed by atoms with E-state index >= 15 is 0 Å². The van der Waals surface area contributed by atoms with Gasteiger partial charge in [-0.25, -0.2) is 14.4 Å². The molecule has 0 unspecified atom stereocenters. The molecule has 0 aliphatic rings. The van der Waals surface area contributed by atoms with Crippen LogP contribution >= 0.6 is 11.6 Å². The van der Waals surface area contributed by atoms with Crippen LogP contribution in [0.1, 0.15) is 21.9 Å². The fourth-order valence-electron chi connectivity index (χ4n) is 2.30. The topological polar surface area (TPSA) is 66.9 Å². The highest BCUT2D eigenvalue weighted by Crippen LogP contribution is 2.14. The summed E-state index contributed by atoms with van der Waals surface area (Å²) in [6.07, 6.45) is 0. The van der Waals surface area contributed by atoms with Crippen molar-refractivity contribution in [3.63, 3.8) is 0 Å². The summed E-state index contributed by atoms with van der Waals surface area (Å²) < 4.78 is 13.0. The second-order valence-corrected chi connectivity index (χ2v) is 6.06. The molecular formula is C19H16ClFN4O. The van der Waals surface area contributed by atoms with Crippen molar-refractivity contribution in [2.75, 3.05) is 10.6 Å². The summed E-state index contributed by atoms with van der Waals surface area (Å²) in [6, 6.07) is 14.5. The van der Waals surface area contributed by atoms with Crippen molar-refractivity contribution in [1.29, 1.82) is 0 Å². The van der Waals surface area contributed by atoms with Crippen molar-refractivity contribution in [3.8, 4) is 0 Å². The Bertz CT molecular complexity index is 914. The van der Waals surface area contributed by atoms with Gasteiger partial charge in [-0.15, -0.1) is 0 Å². The molecule has 26 heavy (non-hydrogen) atoms. The molecule has 2 aromatic carbocycles. The van der Waals surface area contributed by atoms with Gasteiger partial charge in [0, 0.05) is 23.3 Å². The Morgan fingerprint density at radius 2 is 1.77 bits per heavy atom. The molecule has 7 heteroatoms. The van der Waals surface area contributed by atoms with Crippen LogP contribution in [0.5, 0.6) is 0 Å². The Balaban J connectivity index is 1.71. The maximum absolute atomic E-state index is 13.0. The molecule has 0 radical (unpaired) electrons. The van der Waals surface area contributed by atoms with Gasteiger partial charge < -0.3 is 10.6 Å². The number of nitrogens with zero attached hydrogens (tertiary/aromatic N) is 2. The van der Waals surface area contributed by atoms with Crippen LogP contribution in [0.2, 0.25) is 5.02 Å². The number of amides is 1. The first-order chi connectivity index (χ1) is 12.5. The molecule has 3 rings (SSSR count). The van der Waals surface area contributed by atoms with E-state index < -0.39 is 5.91 Å². The van der Waals surface area contributed by atoms with Crippen LogP contribution in [0.15, 0.2) is 54.6 Å². The molecule has 0 saturated heterocycles. The van der Waals surface area contributed by atoms with E-state index in [1.54, 1.807) is 13.0 Å². The summed E-state index contributed by atoms with van der Waals surface area (Å²) in [6.45, 7) is 2.24. The minimum atomic E-state index is -0.392. The minimum Gasteiger partial charge on any atom is -0.366 e. The van der Waals surface area contributed by atoms with Crippen molar-refractivity contribution in [2.24, 2.45) is 0 Å². The lowest BCUT2D eigenvalue weighted by atomic mass is 10.2. The number of carbonyl (C=O) groups excluding carboxylic acids is 1. The molecule has 0 aliphatic heterocycles. The van der Waals surface area contributed by atoms with Gasteiger partial charge in [-0.3, -0.25) is 4.79 Å². The van der Waals surface area contributed by atoms with Gasteiger partial charge in [0.15, 0.2) is 0 Å². The molecule has 0 atom stereocenters. The third-order valence-corrected chi connectivity index (χ3v) is 3.81. The number of nitrogens with one attached hydrogen (secondary N) is 2. The molecule has 1 heterocycles. The molecule has 0 aliphatic carbocycles. The van der Waals surface area contributed by atoms with Crippen molar-refractivity contribution in [3.05, 3.63) is 82.5 Å². The van der Waals surface area contributed by atoms with Gasteiger partial charge in [0.25, 0.3) is 5.91 Å². The number of aryl methyl sites for hydroxylation is 1. The van der Waals surface area contributed by atoms with Crippen LogP contribution in [-0.4, -0.2) is 15.9 Å². The highest BCUT2D eigenvalue weighted by Gasteiger charge is 2.11. The van der Waals surface area contributed by atoms with Crippen LogP contribution < -0.4 is 10.6 Å². The van der Waals surface area contributed by atoms with Gasteiger partial charge in [0.1, 0.15) is 23.2 Å². The van der Waals surface area contributed by atoms with Gasteiger partial charge in [-0.05, 0) is 48.9 Å². The van der Waals surface area contributed by atoms with Crippen molar-refractivity contribution < 1.29 is 9.18 Å². The van der Waals surface area contributed by atoms with E-state index in [2.05, 4.69) is 20.6 Å². The Hall–Kier alpha value is -2.99. The first kappa shape index (κ1) is 17.8. The van der Waals surface area contributed by atoms with E-state index in [1.165, 1.54) is 24.3 Å². The quantitative estimate of drug-likeness (QED) is 0.696. The normalized spacial score (nSPS) is 10.4. The van der Waals surface area contributed by atoms with Gasteiger partial charge in [0.05, 0.1) is 0 Å². The summed E-state index contributed by atoms with van der Waals surface area (Å²) in [5.41, 5.74) is 1.74. The number of halogens is 2. The molecule has 0 fully saturated rings. The molecule has 1 amide bonds. The van der Waals surface area contributed by atoms with Gasteiger partial charge in [-0.2, -0.15) is 0 Å². The van der Waals surface area contributed by atoms with E-state index in [9.17, 15) is 9.18 Å². The molecule has 1 aromatic heterocycles. The molecule has 132 valence electrons. The second-order valence-electron chi connectivity index (χ2n) is 5.63. The summed E-state index contributed by atoms with van der Waals surface area (Å²) >= 11 is 5.87. The summed E-state index contributed by atoms with van der Waals surface area (Å²) in [7, 11) is 0. The average molecular weight is 371 g/mol. The largest absolute Gasteiger partial charge is 0.366 e. The number of aromatic nitrogens is 2. The molecular weight excluding hydrogens is 355 g/mol. The number of hydrogen-bond acceptors (Lipinski definition) is 4. The minimum absolute atomic E-state index is 0.223. The third-order valence-electron chi connectivity index (χ3n) is 3.56.